The zero-order valence-corrected chi connectivity index (χ0v) is 25.7. The van der Waals surface area contributed by atoms with Crippen molar-refractivity contribution in [1.82, 2.24) is 4.90 Å². The van der Waals surface area contributed by atoms with Gasteiger partial charge < -0.3 is 10.2 Å². The molecule has 6 heteroatoms. The van der Waals surface area contributed by atoms with Gasteiger partial charge in [0.25, 0.3) is 0 Å². The van der Waals surface area contributed by atoms with Crippen LogP contribution >= 0.6 is 9.21 Å². The zero-order chi connectivity index (χ0) is 29.3. The molecule has 1 aromatic rings. The van der Waals surface area contributed by atoms with Gasteiger partial charge in [-0.3, -0.25) is 0 Å². The normalized spacial score (nSPS) is 25.0. The third kappa shape index (κ3) is 6.05. The van der Waals surface area contributed by atoms with E-state index in [9.17, 15) is 9.65 Å². The van der Waals surface area contributed by atoms with Gasteiger partial charge in [0.15, 0.2) is 5.82 Å². The Balaban J connectivity index is 0.000000470. The van der Waals surface area contributed by atoms with Crippen LogP contribution in [-0.4, -0.2) is 41.1 Å². The van der Waals surface area contributed by atoms with Crippen LogP contribution in [0.2, 0.25) is 0 Å². The number of nitriles is 1. The third-order valence-electron chi connectivity index (χ3n) is 9.50. The van der Waals surface area contributed by atoms with Gasteiger partial charge in [0.2, 0.25) is 0 Å². The second-order valence-electron chi connectivity index (χ2n) is 12.7. The van der Waals surface area contributed by atoms with Gasteiger partial charge in [-0.1, -0.05) is 61.5 Å². The lowest BCUT2D eigenvalue weighted by Gasteiger charge is -2.44. The molecular weight excluding hydrogens is 520 g/mol. The van der Waals surface area contributed by atoms with Crippen LogP contribution in [0.4, 0.5) is 14.5 Å². The summed E-state index contributed by atoms with van der Waals surface area (Å²) in [6, 6.07) is 8.29. The van der Waals surface area contributed by atoms with Crippen LogP contribution in [0, 0.1) is 33.9 Å². The number of rotatable bonds is 8. The maximum absolute atomic E-state index is 15.8. The summed E-state index contributed by atoms with van der Waals surface area (Å²) >= 11 is 0. The van der Waals surface area contributed by atoms with E-state index >= 15 is 4.39 Å². The summed E-state index contributed by atoms with van der Waals surface area (Å²) in [5.41, 5.74) is 3.47. The number of nitrogens with zero attached hydrogens (tertiary/aromatic N) is 2. The number of anilines is 1. The van der Waals surface area contributed by atoms with Crippen LogP contribution in [-0.2, 0) is 0 Å². The topological polar surface area (TPSA) is 39.1 Å². The summed E-state index contributed by atoms with van der Waals surface area (Å²) < 4.78 is 28.0. The van der Waals surface area contributed by atoms with Gasteiger partial charge in [0.05, 0.1) is 17.2 Å². The van der Waals surface area contributed by atoms with Crippen molar-refractivity contribution in [1.29, 1.82) is 5.26 Å². The van der Waals surface area contributed by atoms with E-state index in [0.29, 0.717) is 17.2 Å². The Morgan fingerprint density at radius 3 is 2.45 bits per heavy atom. The Bertz CT molecular complexity index is 1320. The van der Waals surface area contributed by atoms with Crippen molar-refractivity contribution in [2.24, 2.45) is 16.7 Å². The van der Waals surface area contributed by atoms with Gasteiger partial charge in [0, 0.05) is 23.7 Å². The number of nitrogens with one attached hydrogen (secondary N) is 1. The summed E-state index contributed by atoms with van der Waals surface area (Å²) in [5.74, 6) is 7.40. The summed E-state index contributed by atoms with van der Waals surface area (Å²) in [4.78, 5) is 2.35. The van der Waals surface area contributed by atoms with Crippen molar-refractivity contribution in [2.45, 2.75) is 90.2 Å². The molecule has 1 aliphatic heterocycles. The average molecular weight is 568 g/mol. The highest BCUT2D eigenvalue weighted by molar-refractivity contribution is 8.27. The van der Waals surface area contributed by atoms with Gasteiger partial charge >= 0.3 is 0 Å². The number of hydrogen-bond donors (Lipinski definition) is 1. The van der Waals surface area contributed by atoms with Gasteiger partial charge in [-0.2, -0.15) is 14.5 Å². The number of hydrogen-bond acceptors (Lipinski definition) is 3. The van der Waals surface area contributed by atoms with Crippen LogP contribution < -0.4 is 5.32 Å². The van der Waals surface area contributed by atoms with E-state index in [-0.39, 0.29) is 17.4 Å². The fourth-order valence-corrected chi connectivity index (χ4v) is 6.35. The van der Waals surface area contributed by atoms with E-state index < -0.39 is 20.1 Å². The average Bonchev–Trinajstić information content (AvgIpc) is 3.59. The Morgan fingerprint density at radius 1 is 1.27 bits per heavy atom. The van der Waals surface area contributed by atoms with Crippen molar-refractivity contribution in [3.63, 3.8) is 0 Å². The fraction of sp³-hybridized carbons (Fsp3) is 0.559. The monoisotopic (exact) mass is 567 g/mol. The standard InChI is InChI=1S/C29H36FN3.C5H11FS/c1-4-8-24-27(33(19-29(24)15-16-29)21(3)28(18-31)13-7-14-28)32-25-12-6-11-23(26(25)30)22-10-5-9-20(2)17-22;1-5(6)7(2,3)4/h6,10-12,17,24,27,32H,3-5,7-9,13-16,19H2,1-2H3;5H,2-3H2,1,4H3/t24-,27?;/m1./s1. The van der Waals surface area contributed by atoms with E-state index in [1.54, 1.807) is 6.26 Å². The molecule has 5 rings (SSSR count). The van der Waals surface area contributed by atoms with Crippen molar-refractivity contribution in [3.05, 3.63) is 59.6 Å². The minimum absolute atomic E-state index is 0.0202. The SMILES string of the molecule is C=C(N1CC2(CC2)[C@H](CCC)C1Nc1cccc(C2=CCCC(C)=C2)c1F)C1(C#N)CCC1.C=S(=C)(C)C(C)F. The molecule has 0 amide bonds. The van der Waals surface area contributed by atoms with Crippen LogP contribution in [0.1, 0.15) is 84.1 Å². The van der Waals surface area contributed by atoms with Gasteiger partial charge in [-0.05, 0) is 88.5 Å². The second kappa shape index (κ2) is 11.8. The highest BCUT2D eigenvalue weighted by atomic mass is 32.2. The number of benzene rings is 1. The number of likely N-dealkylation sites (tertiary alicyclic amines) is 1. The van der Waals surface area contributed by atoms with Gasteiger partial charge in [-0.15, -0.1) is 0 Å². The molecule has 1 spiro atoms. The van der Waals surface area contributed by atoms with E-state index in [1.165, 1.54) is 25.3 Å². The number of allylic oxidation sites excluding steroid dienone is 5. The maximum Gasteiger partial charge on any atom is 0.154 e. The molecule has 0 radical (unpaired) electrons. The Kier molecular flexibility index (Phi) is 8.95. The molecule has 3 fully saturated rings. The highest BCUT2D eigenvalue weighted by Gasteiger charge is 2.60. The molecular formula is C34H47F2N3S. The zero-order valence-electron chi connectivity index (χ0n) is 24.9. The van der Waals surface area contributed by atoms with Gasteiger partial charge in [-0.25, -0.2) is 8.78 Å². The second-order valence-corrected chi connectivity index (χ2v) is 16.1. The molecule has 40 heavy (non-hydrogen) atoms. The summed E-state index contributed by atoms with van der Waals surface area (Å²) in [6.45, 7) is 11.2. The third-order valence-corrected chi connectivity index (χ3v) is 11.1. The predicted octanol–water partition coefficient (Wildman–Crippen LogP) is 9.01. The maximum atomic E-state index is 15.8. The Morgan fingerprint density at radius 2 is 1.95 bits per heavy atom. The molecule has 1 heterocycles. The molecule has 4 aliphatic rings. The van der Waals surface area contributed by atoms with Crippen LogP contribution in [0.5, 0.6) is 0 Å². The molecule has 3 aliphatic carbocycles. The lowest BCUT2D eigenvalue weighted by Crippen LogP contribution is -2.45. The lowest BCUT2D eigenvalue weighted by atomic mass is 9.67. The van der Waals surface area contributed by atoms with Crippen LogP contribution in [0.15, 0.2) is 48.2 Å². The van der Waals surface area contributed by atoms with E-state index in [2.05, 4.69) is 60.6 Å². The van der Waals surface area contributed by atoms with E-state index in [4.69, 9.17) is 0 Å². The molecule has 218 valence electrons. The fourth-order valence-electron chi connectivity index (χ4n) is 6.35. The first-order chi connectivity index (χ1) is 18.9. The van der Waals surface area contributed by atoms with Crippen LogP contribution in [0.3, 0.4) is 0 Å². The largest absolute Gasteiger partial charge is 0.363 e. The molecule has 1 N–H and O–H groups in total. The minimum Gasteiger partial charge on any atom is -0.363 e. The summed E-state index contributed by atoms with van der Waals surface area (Å²) in [7, 11) is -1.41. The molecule has 1 aromatic carbocycles. The van der Waals surface area contributed by atoms with Crippen molar-refractivity contribution in [2.75, 3.05) is 18.1 Å². The summed E-state index contributed by atoms with van der Waals surface area (Å²) in [5, 5.41) is 13.6. The number of alkyl halides is 1. The number of halogens is 2. The highest BCUT2D eigenvalue weighted by Crippen LogP contribution is 2.62. The van der Waals surface area contributed by atoms with E-state index in [1.807, 2.05) is 18.2 Å². The minimum atomic E-state index is -1.41. The van der Waals surface area contributed by atoms with E-state index in [0.717, 1.165) is 62.8 Å². The first-order valence-corrected chi connectivity index (χ1v) is 17.2. The lowest BCUT2D eigenvalue weighted by molar-refractivity contribution is 0.175. The molecule has 2 saturated carbocycles. The molecule has 0 bridgehead atoms. The van der Waals surface area contributed by atoms with Gasteiger partial charge in [0.1, 0.15) is 11.7 Å². The molecule has 0 aromatic heterocycles. The molecule has 3 nitrogen and oxygen atoms in total. The molecule has 1 saturated heterocycles. The smallest absolute Gasteiger partial charge is 0.154 e. The van der Waals surface area contributed by atoms with Crippen molar-refractivity contribution < 1.29 is 8.78 Å². The quantitative estimate of drug-likeness (QED) is 0.319. The van der Waals surface area contributed by atoms with Crippen molar-refractivity contribution in [3.8, 4) is 6.07 Å². The first kappa shape index (κ1) is 30.4. The van der Waals surface area contributed by atoms with Crippen molar-refractivity contribution >= 4 is 32.2 Å². The van der Waals surface area contributed by atoms with Crippen LogP contribution in [0.25, 0.3) is 5.57 Å². The molecule has 2 unspecified atom stereocenters. The first-order valence-electron chi connectivity index (χ1n) is 14.7. The molecule has 3 atom stereocenters. The Hall–Kier alpha value is -2.52. The Labute approximate surface area is 241 Å². The predicted molar refractivity (Wildman–Crippen MR) is 171 cm³/mol. The summed E-state index contributed by atoms with van der Waals surface area (Å²) in [6.07, 6.45) is 15.5.